The van der Waals surface area contributed by atoms with Crippen LogP contribution in [0.25, 0.3) is 0 Å². The maximum absolute atomic E-state index is 3.49. The van der Waals surface area contributed by atoms with Gasteiger partial charge in [0.05, 0.1) is 0 Å². The van der Waals surface area contributed by atoms with Gasteiger partial charge in [-0.25, -0.2) is 0 Å². The highest BCUT2D eigenvalue weighted by atomic mass is 15.2. The number of nitrogens with zero attached hydrogens (tertiary/aromatic N) is 1. The fraction of sp³-hybridized carbons (Fsp3) is 0.571. The van der Waals surface area contributed by atoms with Gasteiger partial charge in [0, 0.05) is 24.8 Å². The summed E-state index contributed by atoms with van der Waals surface area (Å²) in [6.45, 7) is 5.41. The first kappa shape index (κ1) is 11.5. The van der Waals surface area contributed by atoms with E-state index >= 15 is 0 Å². The van der Waals surface area contributed by atoms with Crippen molar-refractivity contribution in [3.05, 3.63) is 29.8 Å². The number of hydrogen-bond acceptors (Lipinski definition) is 2. The number of nitrogens with one attached hydrogen (secondary N) is 1. The third-order valence-electron chi connectivity index (χ3n) is 3.39. The molecule has 1 N–H and O–H groups in total. The number of anilines is 1. The molecule has 1 aliphatic rings. The fourth-order valence-electron chi connectivity index (χ4n) is 2.25. The van der Waals surface area contributed by atoms with Crippen molar-refractivity contribution in [3.63, 3.8) is 0 Å². The first-order chi connectivity index (χ1) is 7.74. The zero-order valence-corrected chi connectivity index (χ0v) is 10.5. The second-order valence-corrected chi connectivity index (χ2v) is 4.68. The first-order valence-corrected chi connectivity index (χ1v) is 6.29. The summed E-state index contributed by atoms with van der Waals surface area (Å²) in [7, 11) is 2.22. The highest BCUT2D eigenvalue weighted by Crippen LogP contribution is 2.34. The molecule has 2 heteroatoms. The molecule has 1 atom stereocenters. The number of hydrogen-bond donors (Lipinski definition) is 1. The predicted octanol–water partition coefficient (Wildman–Crippen LogP) is 2.96. The average Bonchev–Trinajstić information content (AvgIpc) is 3.12. The minimum atomic E-state index is 0.433. The SMILES string of the molecule is CCNC(C)c1ccccc1N(C)C1CC1. The summed E-state index contributed by atoms with van der Waals surface area (Å²) in [4.78, 5) is 2.43. The molecule has 1 unspecified atom stereocenters. The Morgan fingerprint density at radius 1 is 1.38 bits per heavy atom. The molecule has 0 saturated heterocycles. The topological polar surface area (TPSA) is 15.3 Å². The van der Waals surface area contributed by atoms with Gasteiger partial charge in [0.1, 0.15) is 0 Å². The van der Waals surface area contributed by atoms with E-state index in [1.165, 1.54) is 24.1 Å². The molecule has 0 aromatic heterocycles. The van der Waals surface area contributed by atoms with Gasteiger partial charge in [-0.3, -0.25) is 0 Å². The summed E-state index contributed by atoms with van der Waals surface area (Å²) < 4.78 is 0. The molecular weight excluding hydrogens is 196 g/mol. The lowest BCUT2D eigenvalue weighted by molar-refractivity contribution is 0.596. The molecule has 1 aromatic carbocycles. The van der Waals surface area contributed by atoms with Gasteiger partial charge in [-0.05, 0) is 37.9 Å². The standard InChI is InChI=1S/C14H22N2/c1-4-15-11(2)13-7-5-6-8-14(13)16(3)12-9-10-12/h5-8,11-12,15H,4,9-10H2,1-3H3. The van der Waals surface area contributed by atoms with Gasteiger partial charge < -0.3 is 10.2 Å². The molecular formula is C14H22N2. The number of benzene rings is 1. The maximum Gasteiger partial charge on any atom is 0.0414 e. The molecule has 1 aromatic rings. The van der Waals surface area contributed by atoms with Crippen LogP contribution in [-0.2, 0) is 0 Å². The Bertz CT molecular complexity index is 344. The molecule has 0 spiro atoms. The van der Waals surface area contributed by atoms with E-state index in [9.17, 15) is 0 Å². The van der Waals surface area contributed by atoms with Crippen molar-refractivity contribution in [2.45, 2.75) is 38.8 Å². The Morgan fingerprint density at radius 3 is 2.69 bits per heavy atom. The Kier molecular flexibility index (Phi) is 3.49. The predicted molar refractivity (Wildman–Crippen MR) is 70.0 cm³/mol. The molecule has 1 aliphatic carbocycles. The van der Waals surface area contributed by atoms with E-state index < -0.39 is 0 Å². The van der Waals surface area contributed by atoms with Crippen LogP contribution < -0.4 is 10.2 Å². The van der Waals surface area contributed by atoms with Crippen LogP contribution in [0.15, 0.2) is 24.3 Å². The second-order valence-electron chi connectivity index (χ2n) is 4.68. The van der Waals surface area contributed by atoms with Gasteiger partial charge in [-0.15, -0.1) is 0 Å². The smallest absolute Gasteiger partial charge is 0.0414 e. The molecule has 0 heterocycles. The van der Waals surface area contributed by atoms with E-state index in [1.807, 2.05) is 0 Å². The van der Waals surface area contributed by atoms with Gasteiger partial charge in [0.25, 0.3) is 0 Å². The monoisotopic (exact) mass is 218 g/mol. The molecule has 0 radical (unpaired) electrons. The van der Waals surface area contributed by atoms with E-state index in [-0.39, 0.29) is 0 Å². The van der Waals surface area contributed by atoms with Gasteiger partial charge in [-0.1, -0.05) is 25.1 Å². The minimum Gasteiger partial charge on any atom is -0.371 e. The summed E-state index contributed by atoms with van der Waals surface area (Å²) >= 11 is 0. The van der Waals surface area contributed by atoms with Crippen LogP contribution in [0.4, 0.5) is 5.69 Å². The average molecular weight is 218 g/mol. The molecule has 88 valence electrons. The summed E-state index contributed by atoms with van der Waals surface area (Å²) in [5.74, 6) is 0. The van der Waals surface area contributed by atoms with Crippen LogP contribution in [0.5, 0.6) is 0 Å². The van der Waals surface area contributed by atoms with Crippen molar-refractivity contribution in [2.24, 2.45) is 0 Å². The molecule has 16 heavy (non-hydrogen) atoms. The lowest BCUT2D eigenvalue weighted by Crippen LogP contribution is -2.24. The summed E-state index contributed by atoms with van der Waals surface area (Å²) in [5, 5.41) is 3.49. The van der Waals surface area contributed by atoms with E-state index in [0.717, 1.165) is 12.6 Å². The van der Waals surface area contributed by atoms with Crippen LogP contribution >= 0.6 is 0 Å². The van der Waals surface area contributed by atoms with Crippen LogP contribution in [0.1, 0.15) is 38.3 Å². The summed E-state index contributed by atoms with van der Waals surface area (Å²) in [6, 6.07) is 9.95. The molecule has 0 aliphatic heterocycles. The fourth-order valence-corrected chi connectivity index (χ4v) is 2.25. The molecule has 1 fully saturated rings. The van der Waals surface area contributed by atoms with E-state index in [4.69, 9.17) is 0 Å². The highest BCUT2D eigenvalue weighted by Gasteiger charge is 2.28. The van der Waals surface area contributed by atoms with Crippen molar-refractivity contribution < 1.29 is 0 Å². The Hall–Kier alpha value is -1.02. The molecule has 2 rings (SSSR count). The zero-order valence-electron chi connectivity index (χ0n) is 10.5. The van der Waals surface area contributed by atoms with Crippen LogP contribution in [0.3, 0.4) is 0 Å². The second kappa shape index (κ2) is 4.88. The highest BCUT2D eigenvalue weighted by molar-refractivity contribution is 5.55. The summed E-state index contributed by atoms with van der Waals surface area (Å²) in [6.07, 6.45) is 2.70. The van der Waals surface area contributed by atoms with Crippen molar-refractivity contribution in [1.82, 2.24) is 5.32 Å². The zero-order chi connectivity index (χ0) is 11.5. The van der Waals surface area contributed by atoms with Crippen molar-refractivity contribution in [1.29, 1.82) is 0 Å². The largest absolute Gasteiger partial charge is 0.371 e. The van der Waals surface area contributed by atoms with Crippen LogP contribution in [0, 0.1) is 0 Å². The van der Waals surface area contributed by atoms with Gasteiger partial charge in [0.15, 0.2) is 0 Å². The third kappa shape index (κ3) is 2.38. The minimum absolute atomic E-state index is 0.433. The molecule has 1 saturated carbocycles. The van der Waals surface area contributed by atoms with E-state index in [2.05, 4.69) is 55.4 Å². The van der Waals surface area contributed by atoms with Crippen LogP contribution in [0.2, 0.25) is 0 Å². The van der Waals surface area contributed by atoms with Crippen LogP contribution in [-0.4, -0.2) is 19.6 Å². The van der Waals surface area contributed by atoms with Gasteiger partial charge in [0.2, 0.25) is 0 Å². The molecule has 0 amide bonds. The molecule has 0 bridgehead atoms. The van der Waals surface area contributed by atoms with E-state index in [0.29, 0.717) is 6.04 Å². The van der Waals surface area contributed by atoms with Crippen molar-refractivity contribution in [3.8, 4) is 0 Å². The Balaban J connectivity index is 2.22. The Morgan fingerprint density at radius 2 is 2.06 bits per heavy atom. The van der Waals surface area contributed by atoms with Crippen molar-refractivity contribution >= 4 is 5.69 Å². The van der Waals surface area contributed by atoms with Gasteiger partial charge >= 0.3 is 0 Å². The van der Waals surface area contributed by atoms with Crippen molar-refractivity contribution in [2.75, 3.05) is 18.5 Å². The van der Waals surface area contributed by atoms with Gasteiger partial charge in [-0.2, -0.15) is 0 Å². The lowest BCUT2D eigenvalue weighted by Gasteiger charge is -2.25. The normalized spacial score (nSPS) is 17.2. The number of rotatable bonds is 5. The maximum atomic E-state index is 3.49. The Labute approximate surface area is 98.7 Å². The first-order valence-electron chi connectivity index (χ1n) is 6.29. The lowest BCUT2D eigenvalue weighted by atomic mass is 10.1. The van der Waals surface area contributed by atoms with E-state index in [1.54, 1.807) is 0 Å². The number of para-hydroxylation sites is 1. The third-order valence-corrected chi connectivity index (χ3v) is 3.39. The summed E-state index contributed by atoms with van der Waals surface area (Å²) in [5.41, 5.74) is 2.80. The quantitative estimate of drug-likeness (QED) is 0.817. The molecule has 2 nitrogen and oxygen atoms in total.